The third-order valence-electron chi connectivity index (χ3n) is 4.39. The van der Waals surface area contributed by atoms with Crippen LogP contribution in [0, 0.1) is 0 Å². The molecule has 4 rings (SSSR count). The predicted octanol–water partition coefficient (Wildman–Crippen LogP) is 5.36. The molecule has 0 aliphatic rings. The molecule has 4 nitrogen and oxygen atoms in total. The van der Waals surface area contributed by atoms with Crippen LogP contribution in [0.15, 0.2) is 77.3 Å². The van der Waals surface area contributed by atoms with Crippen LogP contribution in [0.4, 0.5) is 5.69 Å². The first-order valence-corrected chi connectivity index (χ1v) is 9.56. The average Bonchev–Trinajstić information content (AvgIpc) is 3.10. The molecule has 0 fully saturated rings. The number of amides is 1. The first-order chi connectivity index (χ1) is 13.2. The van der Waals surface area contributed by atoms with Crippen LogP contribution in [0.3, 0.4) is 0 Å². The maximum Gasteiger partial charge on any atom is 0.255 e. The fraction of sp³-hybridized carbons (Fsp3) is 0.0909. The van der Waals surface area contributed by atoms with Crippen LogP contribution in [0.25, 0.3) is 11.0 Å². The van der Waals surface area contributed by atoms with Crippen LogP contribution < -0.4 is 5.32 Å². The summed E-state index contributed by atoms with van der Waals surface area (Å²) in [5.41, 5.74) is 4.68. The molecule has 1 aromatic heterocycles. The van der Waals surface area contributed by atoms with Crippen molar-refractivity contribution in [3.8, 4) is 0 Å². The Kier molecular flexibility index (Phi) is 5.03. The first kappa shape index (κ1) is 17.5. The summed E-state index contributed by atoms with van der Waals surface area (Å²) in [6.45, 7) is 0. The lowest BCUT2D eigenvalue weighted by molar-refractivity contribution is 0.102. The number of halogens is 1. The van der Waals surface area contributed by atoms with Crippen molar-refractivity contribution in [2.75, 3.05) is 5.32 Å². The van der Waals surface area contributed by atoms with Crippen molar-refractivity contribution < 1.29 is 4.79 Å². The van der Waals surface area contributed by atoms with Gasteiger partial charge in [0.2, 0.25) is 0 Å². The van der Waals surface area contributed by atoms with E-state index in [0.717, 1.165) is 39.9 Å². The topological polar surface area (TPSA) is 57.8 Å². The molecule has 0 saturated heterocycles. The van der Waals surface area contributed by atoms with Crippen molar-refractivity contribution in [1.29, 1.82) is 0 Å². The van der Waals surface area contributed by atoms with Crippen molar-refractivity contribution in [1.82, 2.24) is 9.97 Å². The number of nitrogens with zero attached hydrogens (tertiary/aromatic N) is 1. The number of aryl methyl sites for hydroxylation is 2. The quantitative estimate of drug-likeness (QED) is 0.457. The molecule has 0 spiro atoms. The molecule has 134 valence electrons. The molecule has 3 aromatic carbocycles. The number of aromatic nitrogens is 2. The fourth-order valence-electron chi connectivity index (χ4n) is 2.97. The molecule has 1 amide bonds. The molecule has 0 unspecified atom stereocenters. The second-order valence-electron chi connectivity index (χ2n) is 6.36. The summed E-state index contributed by atoms with van der Waals surface area (Å²) in [5.74, 6) is 0.870. The highest BCUT2D eigenvalue weighted by Crippen LogP contribution is 2.16. The fourth-order valence-corrected chi connectivity index (χ4v) is 3.37. The second kappa shape index (κ2) is 7.76. The average molecular weight is 420 g/mol. The number of hydrogen-bond donors (Lipinski definition) is 2. The second-order valence-corrected chi connectivity index (χ2v) is 7.28. The smallest absolute Gasteiger partial charge is 0.255 e. The van der Waals surface area contributed by atoms with E-state index in [1.807, 2.05) is 60.7 Å². The van der Waals surface area contributed by atoms with Crippen LogP contribution in [-0.2, 0) is 12.8 Å². The third kappa shape index (κ3) is 4.26. The minimum atomic E-state index is -0.119. The Morgan fingerprint density at radius 3 is 2.56 bits per heavy atom. The van der Waals surface area contributed by atoms with Crippen molar-refractivity contribution >= 4 is 38.6 Å². The molecular weight excluding hydrogens is 402 g/mol. The molecule has 0 atom stereocenters. The highest BCUT2D eigenvalue weighted by molar-refractivity contribution is 9.10. The summed E-state index contributed by atoms with van der Waals surface area (Å²) in [6, 6.07) is 23.3. The zero-order valence-corrected chi connectivity index (χ0v) is 16.2. The number of para-hydroxylation sites is 2. The van der Waals surface area contributed by atoms with Crippen molar-refractivity contribution in [3.05, 3.63) is 94.2 Å². The summed E-state index contributed by atoms with van der Waals surface area (Å²) >= 11 is 3.39. The standard InChI is InChI=1S/C22H18BrN3O/c23-17-5-3-4-16(14-17)22(27)24-18-11-8-15(9-12-18)10-13-21-25-19-6-1-2-7-20(19)26-21/h1-9,11-12,14H,10,13H2,(H,24,27)(H,25,26). The van der Waals surface area contributed by atoms with E-state index in [-0.39, 0.29) is 5.91 Å². The number of rotatable bonds is 5. The van der Waals surface area contributed by atoms with E-state index >= 15 is 0 Å². The van der Waals surface area contributed by atoms with Gasteiger partial charge in [0, 0.05) is 22.1 Å². The number of H-pyrrole nitrogens is 1. The van der Waals surface area contributed by atoms with Crippen LogP contribution in [0.5, 0.6) is 0 Å². The Morgan fingerprint density at radius 2 is 1.78 bits per heavy atom. The number of nitrogens with one attached hydrogen (secondary N) is 2. The van der Waals surface area contributed by atoms with Gasteiger partial charge in [-0.15, -0.1) is 0 Å². The molecular formula is C22H18BrN3O. The monoisotopic (exact) mass is 419 g/mol. The number of imidazole rings is 1. The summed E-state index contributed by atoms with van der Waals surface area (Å²) < 4.78 is 0.885. The van der Waals surface area contributed by atoms with E-state index in [9.17, 15) is 4.79 Å². The van der Waals surface area contributed by atoms with Gasteiger partial charge in [-0.2, -0.15) is 0 Å². The lowest BCUT2D eigenvalue weighted by atomic mass is 10.1. The van der Waals surface area contributed by atoms with Gasteiger partial charge in [0.05, 0.1) is 11.0 Å². The number of benzene rings is 3. The summed E-state index contributed by atoms with van der Waals surface area (Å²) in [5, 5.41) is 2.93. The maximum atomic E-state index is 12.3. The number of fused-ring (bicyclic) bond motifs is 1. The maximum absolute atomic E-state index is 12.3. The van der Waals surface area contributed by atoms with Crippen LogP contribution in [-0.4, -0.2) is 15.9 Å². The Morgan fingerprint density at radius 1 is 0.963 bits per heavy atom. The zero-order valence-electron chi connectivity index (χ0n) is 14.6. The van der Waals surface area contributed by atoms with E-state index in [1.54, 1.807) is 12.1 Å². The van der Waals surface area contributed by atoms with Gasteiger partial charge in [-0.3, -0.25) is 4.79 Å². The Balaban J connectivity index is 1.37. The highest BCUT2D eigenvalue weighted by Gasteiger charge is 2.07. The van der Waals surface area contributed by atoms with Crippen LogP contribution in [0.1, 0.15) is 21.7 Å². The van der Waals surface area contributed by atoms with Gasteiger partial charge in [-0.05, 0) is 54.4 Å². The number of carbonyl (C=O) groups is 1. The SMILES string of the molecule is O=C(Nc1ccc(CCc2nc3ccccc3[nH]2)cc1)c1cccc(Br)c1. The van der Waals surface area contributed by atoms with E-state index < -0.39 is 0 Å². The van der Waals surface area contributed by atoms with Gasteiger partial charge in [0.25, 0.3) is 5.91 Å². The Labute approximate surface area is 165 Å². The van der Waals surface area contributed by atoms with Crippen molar-refractivity contribution in [2.45, 2.75) is 12.8 Å². The lowest BCUT2D eigenvalue weighted by Crippen LogP contribution is -2.11. The molecule has 27 heavy (non-hydrogen) atoms. The van der Waals surface area contributed by atoms with Crippen molar-refractivity contribution in [3.63, 3.8) is 0 Å². The van der Waals surface area contributed by atoms with Gasteiger partial charge < -0.3 is 10.3 Å². The molecule has 0 radical (unpaired) electrons. The molecule has 0 bridgehead atoms. The Bertz CT molecular complexity index is 1050. The minimum Gasteiger partial charge on any atom is -0.342 e. The van der Waals surface area contributed by atoms with Gasteiger partial charge >= 0.3 is 0 Å². The highest BCUT2D eigenvalue weighted by atomic mass is 79.9. The molecule has 4 aromatic rings. The van der Waals surface area contributed by atoms with Crippen LogP contribution in [0.2, 0.25) is 0 Å². The zero-order chi connectivity index (χ0) is 18.6. The van der Waals surface area contributed by atoms with E-state index in [0.29, 0.717) is 5.56 Å². The van der Waals surface area contributed by atoms with Crippen molar-refractivity contribution in [2.24, 2.45) is 0 Å². The molecule has 0 aliphatic heterocycles. The summed E-state index contributed by atoms with van der Waals surface area (Å²) in [6.07, 6.45) is 1.73. The number of carbonyl (C=O) groups excluding carboxylic acids is 1. The normalized spacial score (nSPS) is 10.9. The molecule has 0 saturated carbocycles. The lowest BCUT2D eigenvalue weighted by Gasteiger charge is -2.07. The molecule has 1 heterocycles. The van der Waals surface area contributed by atoms with Gasteiger partial charge in [-0.1, -0.05) is 46.3 Å². The molecule has 5 heteroatoms. The molecule has 0 aliphatic carbocycles. The minimum absolute atomic E-state index is 0.119. The third-order valence-corrected chi connectivity index (χ3v) is 4.88. The van der Waals surface area contributed by atoms with E-state index in [4.69, 9.17) is 0 Å². The number of hydrogen-bond acceptors (Lipinski definition) is 2. The first-order valence-electron chi connectivity index (χ1n) is 8.77. The van der Waals surface area contributed by atoms with E-state index in [1.165, 1.54) is 5.56 Å². The van der Waals surface area contributed by atoms with Gasteiger partial charge in [0.15, 0.2) is 0 Å². The Hall–Kier alpha value is -2.92. The summed E-state index contributed by atoms with van der Waals surface area (Å²) in [7, 11) is 0. The predicted molar refractivity (Wildman–Crippen MR) is 112 cm³/mol. The van der Waals surface area contributed by atoms with E-state index in [2.05, 4.69) is 31.2 Å². The number of anilines is 1. The number of aromatic amines is 1. The summed E-state index contributed by atoms with van der Waals surface area (Å²) in [4.78, 5) is 20.3. The van der Waals surface area contributed by atoms with Gasteiger partial charge in [-0.25, -0.2) is 4.98 Å². The largest absolute Gasteiger partial charge is 0.342 e. The van der Waals surface area contributed by atoms with Gasteiger partial charge in [0.1, 0.15) is 5.82 Å². The molecule has 2 N–H and O–H groups in total. The van der Waals surface area contributed by atoms with Crippen LogP contribution >= 0.6 is 15.9 Å².